The highest BCUT2D eigenvalue weighted by atomic mass is 15.3. The maximum atomic E-state index is 6.00. The van der Waals surface area contributed by atoms with Gasteiger partial charge in [-0.05, 0) is 45.6 Å². The molecular formula is C13H22N4. The third-order valence-electron chi connectivity index (χ3n) is 3.45. The van der Waals surface area contributed by atoms with E-state index in [0.717, 1.165) is 30.4 Å². The molecule has 1 saturated heterocycles. The van der Waals surface area contributed by atoms with E-state index in [-0.39, 0.29) is 6.04 Å². The van der Waals surface area contributed by atoms with Crippen molar-refractivity contribution in [3.8, 4) is 0 Å². The molecule has 0 saturated carbocycles. The average molecular weight is 234 g/mol. The van der Waals surface area contributed by atoms with Crippen molar-refractivity contribution in [3.05, 3.63) is 17.5 Å². The van der Waals surface area contributed by atoms with Gasteiger partial charge in [0.2, 0.25) is 5.95 Å². The molecule has 17 heavy (non-hydrogen) atoms. The van der Waals surface area contributed by atoms with Crippen LogP contribution in [0.4, 0.5) is 5.95 Å². The van der Waals surface area contributed by atoms with Gasteiger partial charge in [0, 0.05) is 30.5 Å². The van der Waals surface area contributed by atoms with Gasteiger partial charge >= 0.3 is 0 Å². The highest BCUT2D eigenvalue weighted by Gasteiger charge is 2.24. The smallest absolute Gasteiger partial charge is 0.225 e. The second kappa shape index (κ2) is 5.00. The van der Waals surface area contributed by atoms with E-state index < -0.39 is 0 Å². The molecule has 2 atom stereocenters. The maximum absolute atomic E-state index is 6.00. The van der Waals surface area contributed by atoms with E-state index in [4.69, 9.17) is 5.73 Å². The molecule has 94 valence electrons. The van der Waals surface area contributed by atoms with Gasteiger partial charge in [-0.15, -0.1) is 0 Å². The summed E-state index contributed by atoms with van der Waals surface area (Å²) in [6.07, 6.45) is 2.40. The number of piperidine rings is 1. The first-order valence-electron chi connectivity index (χ1n) is 6.39. The summed E-state index contributed by atoms with van der Waals surface area (Å²) in [5.41, 5.74) is 8.07. The Labute approximate surface area is 103 Å². The van der Waals surface area contributed by atoms with Crippen LogP contribution >= 0.6 is 0 Å². The van der Waals surface area contributed by atoms with E-state index in [9.17, 15) is 0 Å². The van der Waals surface area contributed by atoms with Gasteiger partial charge in [-0.25, -0.2) is 9.97 Å². The van der Waals surface area contributed by atoms with Crippen LogP contribution in [0.2, 0.25) is 0 Å². The molecule has 0 aliphatic carbocycles. The van der Waals surface area contributed by atoms with Gasteiger partial charge in [0.05, 0.1) is 0 Å². The fraction of sp³-hybridized carbons (Fsp3) is 0.692. The number of hydrogen-bond acceptors (Lipinski definition) is 4. The first-order chi connectivity index (χ1) is 8.06. The first-order valence-corrected chi connectivity index (χ1v) is 6.39. The molecule has 1 aromatic rings. The molecule has 4 heteroatoms. The quantitative estimate of drug-likeness (QED) is 0.845. The van der Waals surface area contributed by atoms with Crippen molar-refractivity contribution in [2.24, 2.45) is 11.7 Å². The zero-order chi connectivity index (χ0) is 12.4. The van der Waals surface area contributed by atoms with Crippen molar-refractivity contribution in [1.82, 2.24) is 9.97 Å². The van der Waals surface area contributed by atoms with E-state index in [0.29, 0.717) is 5.92 Å². The van der Waals surface area contributed by atoms with Crippen molar-refractivity contribution in [2.75, 3.05) is 18.0 Å². The van der Waals surface area contributed by atoms with Gasteiger partial charge in [-0.2, -0.15) is 0 Å². The Morgan fingerprint density at radius 1 is 1.35 bits per heavy atom. The van der Waals surface area contributed by atoms with E-state index >= 15 is 0 Å². The molecule has 0 spiro atoms. The van der Waals surface area contributed by atoms with E-state index in [1.165, 1.54) is 12.8 Å². The lowest BCUT2D eigenvalue weighted by atomic mass is 9.92. The lowest BCUT2D eigenvalue weighted by molar-refractivity contribution is 0.361. The normalized spacial score (nSPS) is 22.6. The minimum absolute atomic E-state index is 0.253. The summed E-state index contributed by atoms with van der Waals surface area (Å²) >= 11 is 0. The van der Waals surface area contributed by atoms with Crippen LogP contribution in [0.5, 0.6) is 0 Å². The molecule has 0 radical (unpaired) electrons. The SMILES string of the molecule is Cc1cc(C)nc(N2CCCC(C(C)N)C2)n1. The number of aromatic nitrogens is 2. The van der Waals surface area contributed by atoms with Crippen LogP contribution in [0, 0.1) is 19.8 Å². The molecule has 0 bridgehead atoms. The Morgan fingerprint density at radius 3 is 2.59 bits per heavy atom. The van der Waals surface area contributed by atoms with Crippen molar-refractivity contribution in [3.63, 3.8) is 0 Å². The van der Waals surface area contributed by atoms with Gasteiger partial charge in [-0.1, -0.05) is 0 Å². The van der Waals surface area contributed by atoms with Crippen molar-refractivity contribution >= 4 is 5.95 Å². The predicted molar refractivity (Wildman–Crippen MR) is 70.1 cm³/mol. The van der Waals surface area contributed by atoms with Gasteiger partial charge in [0.15, 0.2) is 0 Å². The molecule has 4 nitrogen and oxygen atoms in total. The summed E-state index contributed by atoms with van der Waals surface area (Å²) in [5, 5.41) is 0. The molecular weight excluding hydrogens is 212 g/mol. The predicted octanol–water partition coefficient (Wildman–Crippen LogP) is 1.66. The van der Waals surface area contributed by atoms with Crippen molar-refractivity contribution in [1.29, 1.82) is 0 Å². The fourth-order valence-corrected chi connectivity index (χ4v) is 2.47. The number of nitrogens with two attached hydrogens (primary N) is 1. The number of hydrogen-bond donors (Lipinski definition) is 1. The number of anilines is 1. The molecule has 0 aromatic carbocycles. The molecule has 1 aliphatic rings. The third kappa shape index (κ3) is 2.94. The van der Waals surface area contributed by atoms with Crippen LogP contribution in [0.15, 0.2) is 6.07 Å². The van der Waals surface area contributed by atoms with Crippen LogP contribution < -0.4 is 10.6 Å². The second-order valence-corrected chi connectivity index (χ2v) is 5.16. The lowest BCUT2D eigenvalue weighted by Gasteiger charge is -2.34. The summed E-state index contributed by atoms with van der Waals surface area (Å²) in [7, 11) is 0. The molecule has 2 N–H and O–H groups in total. The summed E-state index contributed by atoms with van der Waals surface area (Å²) < 4.78 is 0. The summed E-state index contributed by atoms with van der Waals surface area (Å²) in [6.45, 7) is 8.17. The second-order valence-electron chi connectivity index (χ2n) is 5.16. The van der Waals surface area contributed by atoms with Gasteiger partial charge in [-0.3, -0.25) is 0 Å². The highest BCUT2D eigenvalue weighted by Crippen LogP contribution is 2.22. The lowest BCUT2D eigenvalue weighted by Crippen LogP contribution is -2.43. The molecule has 1 aliphatic heterocycles. The van der Waals surface area contributed by atoms with E-state index in [2.05, 4.69) is 21.8 Å². The number of rotatable bonds is 2. The Kier molecular flexibility index (Phi) is 3.62. The maximum Gasteiger partial charge on any atom is 0.225 e. The molecule has 2 heterocycles. The van der Waals surface area contributed by atoms with Crippen molar-refractivity contribution in [2.45, 2.75) is 39.7 Å². The summed E-state index contributed by atoms with van der Waals surface area (Å²) in [5.74, 6) is 1.43. The molecule has 2 rings (SSSR count). The zero-order valence-corrected chi connectivity index (χ0v) is 11.0. The topological polar surface area (TPSA) is 55.0 Å². The Hall–Kier alpha value is -1.16. The van der Waals surface area contributed by atoms with Crippen molar-refractivity contribution < 1.29 is 0 Å². The van der Waals surface area contributed by atoms with Crippen LogP contribution in [-0.4, -0.2) is 29.1 Å². The van der Waals surface area contributed by atoms with E-state index in [1.807, 2.05) is 19.9 Å². The molecule has 1 fully saturated rings. The third-order valence-corrected chi connectivity index (χ3v) is 3.45. The minimum Gasteiger partial charge on any atom is -0.340 e. The van der Waals surface area contributed by atoms with E-state index in [1.54, 1.807) is 0 Å². The van der Waals surface area contributed by atoms with Gasteiger partial charge in [0.1, 0.15) is 0 Å². The monoisotopic (exact) mass is 234 g/mol. The Balaban J connectivity index is 2.16. The molecule has 0 amide bonds. The van der Waals surface area contributed by atoms with Crippen LogP contribution in [0.25, 0.3) is 0 Å². The fourth-order valence-electron chi connectivity index (χ4n) is 2.47. The zero-order valence-electron chi connectivity index (χ0n) is 11.0. The van der Waals surface area contributed by atoms with Gasteiger partial charge in [0.25, 0.3) is 0 Å². The number of aryl methyl sites for hydroxylation is 2. The average Bonchev–Trinajstić information content (AvgIpc) is 2.28. The largest absolute Gasteiger partial charge is 0.340 e. The van der Waals surface area contributed by atoms with Crippen LogP contribution in [0.3, 0.4) is 0 Å². The molecule has 2 unspecified atom stereocenters. The first kappa shape index (κ1) is 12.3. The Morgan fingerprint density at radius 2 is 2.00 bits per heavy atom. The van der Waals surface area contributed by atoms with Crippen LogP contribution in [0.1, 0.15) is 31.2 Å². The Bertz CT molecular complexity index is 369. The highest BCUT2D eigenvalue weighted by molar-refractivity contribution is 5.33. The standard InChI is InChI=1S/C13H22N4/c1-9-7-10(2)16-13(15-9)17-6-4-5-12(8-17)11(3)14/h7,11-12H,4-6,8,14H2,1-3H3. The summed E-state index contributed by atoms with van der Waals surface area (Å²) in [6, 6.07) is 2.26. The summed E-state index contributed by atoms with van der Waals surface area (Å²) in [4.78, 5) is 11.3. The number of nitrogens with zero attached hydrogens (tertiary/aromatic N) is 3. The minimum atomic E-state index is 0.253. The van der Waals surface area contributed by atoms with Crippen LogP contribution in [-0.2, 0) is 0 Å². The van der Waals surface area contributed by atoms with Gasteiger partial charge < -0.3 is 10.6 Å². The molecule has 1 aromatic heterocycles.